The number of hydrogen-bond donors (Lipinski definition) is 3. The molecule has 0 spiro atoms. The van der Waals surface area contributed by atoms with E-state index in [-0.39, 0.29) is 5.84 Å². The summed E-state index contributed by atoms with van der Waals surface area (Å²) >= 11 is 0. The summed E-state index contributed by atoms with van der Waals surface area (Å²) in [4.78, 5) is 28.2. The topological polar surface area (TPSA) is 123 Å². The molecule has 23 heavy (non-hydrogen) atoms. The largest absolute Gasteiger partial charge is 0.444 e. The van der Waals surface area contributed by atoms with E-state index in [1.54, 1.807) is 48.5 Å². The number of amidine groups is 1. The first-order chi connectivity index (χ1) is 10.3. The quantitative estimate of drug-likeness (QED) is 0.304. The fourth-order valence-electron chi connectivity index (χ4n) is 1.31. The van der Waals surface area contributed by atoms with Gasteiger partial charge in [-0.05, 0) is 27.2 Å². The number of rotatable bonds is 5. The molecule has 2 atom stereocenters. The Morgan fingerprint density at radius 3 is 2.13 bits per heavy atom. The molecule has 0 aliphatic carbocycles. The Bertz CT molecular complexity index is 449. The van der Waals surface area contributed by atoms with E-state index in [4.69, 9.17) is 10.5 Å². The van der Waals surface area contributed by atoms with Gasteiger partial charge in [-0.15, -0.1) is 0 Å². The molecule has 0 aliphatic rings. The van der Waals surface area contributed by atoms with Gasteiger partial charge in [-0.2, -0.15) is 0 Å². The van der Waals surface area contributed by atoms with Crippen molar-refractivity contribution < 1.29 is 24.3 Å². The molecule has 0 fully saturated rings. The van der Waals surface area contributed by atoms with Gasteiger partial charge in [0.05, 0.1) is 6.04 Å². The second kappa shape index (κ2) is 8.14. The van der Waals surface area contributed by atoms with Crippen molar-refractivity contribution in [3.8, 4) is 0 Å². The summed E-state index contributed by atoms with van der Waals surface area (Å²) < 4.78 is 5.08. The highest BCUT2D eigenvalue weighted by atomic mass is 16.7. The zero-order valence-corrected chi connectivity index (χ0v) is 15.0. The maximum Gasteiger partial charge on any atom is 0.407 e. The fourth-order valence-corrected chi connectivity index (χ4v) is 1.31. The van der Waals surface area contributed by atoms with Gasteiger partial charge in [0.2, 0.25) is 0 Å². The maximum absolute atomic E-state index is 11.8. The van der Waals surface area contributed by atoms with Crippen molar-refractivity contribution >= 4 is 17.9 Å². The van der Waals surface area contributed by atoms with Gasteiger partial charge >= 0.3 is 12.1 Å². The molecule has 4 N–H and O–H groups in total. The lowest BCUT2D eigenvalue weighted by atomic mass is 9.96. The maximum atomic E-state index is 11.8. The van der Waals surface area contributed by atoms with Crippen LogP contribution in [0.2, 0.25) is 0 Å². The number of nitrogens with two attached hydrogens (primary N) is 1. The summed E-state index contributed by atoms with van der Waals surface area (Å²) in [5.41, 5.74) is 4.51. The Labute approximate surface area is 137 Å². The highest BCUT2D eigenvalue weighted by Gasteiger charge is 2.30. The number of ether oxygens (including phenoxy) is 1. The lowest BCUT2D eigenvalue weighted by Gasteiger charge is -2.24. The summed E-state index contributed by atoms with van der Waals surface area (Å²) in [5, 5.41) is 15.9. The molecule has 0 aromatic carbocycles. The summed E-state index contributed by atoms with van der Waals surface area (Å²) in [6.07, 6.45) is -2.01. The van der Waals surface area contributed by atoms with Crippen LogP contribution < -0.4 is 11.1 Å². The highest BCUT2D eigenvalue weighted by Crippen LogP contribution is 2.13. The predicted octanol–water partition coefficient (Wildman–Crippen LogP) is 1.51. The minimum Gasteiger partial charge on any atom is -0.444 e. The number of carbonyl (C=O) groups is 2. The fraction of sp³-hybridized carbons (Fsp3) is 0.800. The highest BCUT2D eigenvalue weighted by molar-refractivity contribution is 5.86. The molecule has 0 radical (unpaired) electrons. The average Bonchev–Trinajstić information content (AvgIpc) is 2.37. The molecular weight excluding hydrogens is 302 g/mol. The molecular formula is C15H29N3O5. The summed E-state index contributed by atoms with van der Waals surface area (Å²) in [5.74, 6) is -0.883. The van der Waals surface area contributed by atoms with Crippen LogP contribution in [0.3, 0.4) is 0 Å². The van der Waals surface area contributed by atoms with Crippen molar-refractivity contribution in [3.63, 3.8) is 0 Å². The van der Waals surface area contributed by atoms with Crippen LogP contribution in [0.1, 0.15) is 54.9 Å². The van der Waals surface area contributed by atoms with Crippen LogP contribution in [0, 0.1) is 5.41 Å². The summed E-state index contributed by atoms with van der Waals surface area (Å²) in [7, 11) is 0. The van der Waals surface area contributed by atoms with E-state index in [0.717, 1.165) is 0 Å². The van der Waals surface area contributed by atoms with Gasteiger partial charge in [0.1, 0.15) is 11.4 Å². The van der Waals surface area contributed by atoms with Gasteiger partial charge in [0.25, 0.3) is 0 Å². The molecule has 8 heteroatoms. The molecule has 8 nitrogen and oxygen atoms in total. The summed E-state index contributed by atoms with van der Waals surface area (Å²) in [6, 6.07) is -0.858. The zero-order valence-electron chi connectivity index (χ0n) is 15.0. The molecule has 2 unspecified atom stereocenters. The Hall–Kier alpha value is -1.83. The Morgan fingerprint density at radius 1 is 1.22 bits per heavy atom. The smallest absolute Gasteiger partial charge is 0.407 e. The third-order valence-corrected chi connectivity index (χ3v) is 2.77. The SMILES string of the molecule is CCC(NC(=O)OC(C)(C)C)C(O)C(=O)O/N=C(\N)C(C)(C)C. The number of aliphatic hydroxyl groups excluding tert-OH is 1. The second-order valence-electron chi connectivity index (χ2n) is 7.24. The van der Waals surface area contributed by atoms with Gasteiger partial charge in [-0.25, -0.2) is 9.59 Å². The molecule has 0 saturated heterocycles. The van der Waals surface area contributed by atoms with E-state index in [1.165, 1.54) is 0 Å². The van der Waals surface area contributed by atoms with Crippen molar-refractivity contribution in [1.29, 1.82) is 0 Å². The van der Waals surface area contributed by atoms with Crippen molar-refractivity contribution in [2.45, 2.75) is 72.6 Å². The number of nitrogens with zero attached hydrogens (tertiary/aromatic N) is 1. The van der Waals surface area contributed by atoms with Crippen molar-refractivity contribution in [3.05, 3.63) is 0 Å². The normalized spacial score (nSPS) is 15.6. The second-order valence-corrected chi connectivity index (χ2v) is 7.24. The lowest BCUT2D eigenvalue weighted by Crippen LogP contribution is -2.48. The minimum absolute atomic E-state index is 0.117. The number of aliphatic hydroxyl groups is 1. The molecule has 0 aliphatic heterocycles. The van der Waals surface area contributed by atoms with E-state index in [9.17, 15) is 14.7 Å². The third-order valence-electron chi connectivity index (χ3n) is 2.77. The van der Waals surface area contributed by atoms with Crippen molar-refractivity contribution in [2.75, 3.05) is 0 Å². The molecule has 1 amide bonds. The number of alkyl carbamates (subject to hydrolysis) is 1. The van der Waals surface area contributed by atoms with E-state index in [0.29, 0.717) is 6.42 Å². The molecule has 0 bridgehead atoms. The van der Waals surface area contributed by atoms with Gasteiger partial charge in [-0.3, -0.25) is 0 Å². The molecule has 134 valence electrons. The minimum atomic E-state index is -1.58. The molecule has 0 aromatic rings. The number of hydrogen-bond acceptors (Lipinski definition) is 6. The standard InChI is InChI=1S/C15H29N3O5/c1-8-9(17-13(21)22-15(5,6)7)10(19)11(20)23-18-12(16)14(2,3)4/h9-10,19H,8H2,1-7H3,(H2,16,18)(H,17,21). The van der Waals surface area contributed by atoms with Crippen LogP contribution >= 0.6 is 0 Å². The van der Waals surface area contributed by atoms with Crippen LogP contribution in [0.5, 0.6) is 0 Å². The first-order valence-corrected chi connectivity index (χ1v) is 7.50. The first kappa shape index (κ1) is 21.2. The van der Waals surface area contributed by atoms with Crippen LogP contribution in [0.25, 0.3) is 0 Å². The Morgan fingerprint density at radius 2 is 1.74 bits per heavy atom. The molecule has 0 saturated carbocycles. The van der Waals surface area contributed by atoms with Crippen LogP contribution in [0.15, 0.2) is 5.16 Å². The van der Waals surface area contributed by atoms with Gasteiger partial charge in [0, 0.05) is 5.41 Å². The van der Waals surface area contributed by atoms with Crippen LogP contribution in [-0.2, 0) is 14.4 Å². The average molecular weight is 331 g/mol. The van der Waals surface area contributed by atoms with E-state index >= 15 is 0 Å². The van der Waals surface area contributed by atoms with E-state index in [2.05, 4.69) is 15.3 Å². The number of amides is 1. The first-order valence-electron chi connectivity index (χ1n) is 7.50. The van der Waals surface area contributed by atoms with Gasteiger partial charge in [-0.1, -0.05) is 32.9 Å². The van der Waals surface area contributed by atoms with Crippen molar-refractivity contribution in [1.82, 2.24) is 5.32 Å². The van der Waals surface area contributed by atoms with E-state index in [1.807, 2.05) is 0 Å². The van der Waals surface area contributed by atoms with Crippen LogP contribution in [0.4, 0.5) is 4.79 Å². The number of nitrogens with one attached hydrogen (secondary N) is 1. The molecule has 0 heterocycles. The monoisotopic (exact) mass is 331 g/mol. The Balaban J connectivity index is 4.74. The van der Waals surface area contributed by atoms with E-state index < -0.39 is 35.2 Å². The number of carbonyl (C=O) groups excluding carboxylic acids is 2. The van der Waals surface area contributed by atoms with Crippen LogP contribution in [-0.4, -0.2) is 40.8 Å². The Kier molecular flexibility index (Phi) is 7.50. The third kappa shape index (κ3) is 8.39. The lowest BCUT2D eigenvalue weighted by molar-refractivity contribution is -0.155. The molecule has 0 rings (SSSR count). The number of oxime groups is 1. The van der Waals surface area contributed by atoms with Gasteiger partial charge in [0.15, 0.2) is 6.10 Å². The van der Waals surface area contributed by atoms with Crippen molar-refractivity contribution in [2.24, 2.45) is 16.3 Å². The zero-order chi connectivity index (χ0) is 18.4. The van der Waals surface area contributed by atoms with Gasteiger partial charge < -0.3 is 25.7 Å². The predicted molar refractivity (Wildman–Crippen MR) is 86.6 cm³/mol. The summed E-state index contributed by atoms with van der Waals surface area (Å²) in [6.45, 7) is 12.2. The molecule has 0 aromatic heterocycles.